The Bertz CT molecular complexity index is 941. The highest BCUT2D eigenvalue weighted by molar-refractivity contribution is 7.88. The fourth-order valence-corrected chi connectivity index (χ4v) is 3.32. The van der Waals surface area contributed by atoms with Gasteiger partial charge in [-0.05, 0) is 12.1 Å². The number of nitrogens with two attached hydrogens (primary N) is 1. The summed E-state index contributed by atoms with van der Waals surface area (Å²) in [5.41, 5.74) is 5.80. The Hall–Kier alpha value is -2.91. The van der Waals surface area contributed by atoms with Crippen molar-refractivity contribution in [3.63, 3.8) is 0 Å². The lowest BCUT2D eigenvalue weighted by molar-refractivity contribution is 0.0889. The maximum Gasteiger partial charge on any atom is 0.278 e. The standard InChI is InChI=1S/C11H10O5S.C6H6N2O/c1-16-17(14,15)10-6-9(12)7-4-2-3-5-8(7)11(10)13;7-6(9)5-2-1-3-8-4-5/h2-5,10H,6H2,1H3;1-4H,(H2,7,9). The number of carbonyl (C=O) groups is 3. The number of amides is 1. The van der Waals surface area contributed by atoms with Crippen molar-refractivity contribution >= 4 is 27.6 Å². The fraction of sp³-hybridized carbons (Fsp3) is 0.176. The van der Waals surface area contributed by atoms with E-state index < -0.39 is 27.1 Å². The molecule has 0 aliphatic heterocycles. The average molecular weight is 376 g/mol. The van der Waals surface area contributed by atoms with Crippen LogP contribution in [0.25, 0.3) is 0 Å². The van der Waals surface area contributed by atoms with Gasteiger partial charge >= 0.3 is 0 Å². The third-order valence-electron chi connectivity index (χ3n) is 3.68. The molecule has 0 saturated heterocycles. The quantitative estimate of drug-likeness (QED) is 0.789. The molecule has 1 aliphatic rings. The molecule has 0 bridgehead atoms. The summed E-state index contributed by atoms with van der Waals surface area (Å²) in [6, 6.07) is 9.48. The molecule has 0 fully saturated rings. The van der Waals surface area contributed by atoms with Gasteiger partial charge in [-0.25, -0.2) is 0 Å². The summed E-state index contributed by atoms with van der Waals surface area (Å²) < 4.78 is 27.4. The Morgan fingerprint density at radius 1 is 1.15 bits per heavy atom. The van der Waals surface area contributed by atoms with Gasteiger partial charge < -0.3 is 5.73 Å². The highest BCUT2D eigenvalue weighted by atomic mass is 32.2. The first-order valence-corrected chi connectivity index (χ1v) is 8.90. The number of hydrogen-bond acceptors (Lipinski definition) is 7. The van der Waals surface area contributed by atoms with E-state index in [-0.39, 0.29) is 23.3 Å². The first kappa shape index (κ1) is 19.4. The minimum atomic E-state index is -4.02. The minimum absolute atomic E-state index is 0.148. The first-order chi connectivity index (χ1) is 12.3. The molecule has 26 heavy (non-hydrogen) atoms. The van der Waals surface area contributed by atoms with Gasteiger partial charge in [0.15, 0.2) is 16.8 Å². The molecule has 1 aromatic heterocycles. The van der Waals surface area contributed by atoms with Crippen LogP contribution in [-0.4, -0.2) is 43.2 Å². The normalized spacial score (nSPS) is 16.3. The number of rotatable bonds is 3. The second-order valence-corrected chi connectivity index (χ2v) is 7.18. The van der Waals surface area contributed by atoms with Crippen molar-refractivity contribution in [3.8, 4) is 0 Å². The zero-order valence-electron chi connectivity index (χ0n) is 13.8. The third-order valence-corrected chi connectivity index (χ3v) is 5.23. The maximum absolute atomic E-state index is 12.0. The predicted octanol–water partition coefficient (Wildman–Crippen LogP) is 0.981. The van der Waals surface area contributed by atoms with Gasteiger partial charge in [0, 0.05) is 29.9 Å². The molecule has 3 rings (SSSR count). The zero-order chi connectivity index (χ0) is 19.3. The number of primary amides is 1. The third kappa shape index (κ3) is 4.19. The molecule has 1 aliphatic carbocycles. The summed E-state index contributed by atoms with van der Waals surface area (Å²) in [6.07, 6.45) is 2.67. The zero-order valence-corrected chi connectivity index (χ0v) is 14.6. The molecule has 8 nitrogen and oxygen atoms in total. The van der Waals surface area contributed by atoms with E-state index in [9.17, 15) is 22.8 Å². The van der Waals surface area contributed by atoms with Gasteiger partial charge in [0.2, 0.25) is 5.91 Å². The summed E-state index contributed by atoms with van der Waals surface area (Å²) in [5.74, 6) is -1.38. The van der Waals surface area contributed by atoms with Crippen LogP contribution in [0, 0.1) is 0 Å². The molecule has 1 heterocycles. The molecular formula is C17H16N2O6S. The van der Waals surface area contributed by atoms with Crippen molar-refractivity contribution in [1.82, 2.24) is 4.98 Å². The Balaban J connectivity index is 0.000000228. The van der Waals surface area contributed by atoms with Crippen molar-refractivity contribution in [3.05, 3.63) is 65.5 Å². The Morgan fingerprint density at radius 2 is 1.81 bits per heavy atom. The van der Waals surface area contributed by atoms with Crippen LogP contribution in [0.4, 0.5) is 0 Å². The number of ketones is 2. The van der Waals surface area contributed by atoms with E-state index in [4.69, 9.17) is 5.73 Å². The lowest BCUT2D eigenvalue weighted by atomic mass is 9.89. The SMILES string of the molecule is COS(=O)(=O)C1CC(=O)c2ccccc2C1=O.NC(=O)c1cccnc1. The number of carbonyl (C=O) groups excluding carboxylic acids is 3. The highest BCUT2D eigenvalue weighted by Gasteiger charge is 2.40. The molecule has 136 valence electrons. The highest BCUT2D eigenvalue weighted by Crippen LogP contribution is 2.25. The van der Waals surface area contributed by atoms with Crippen molar-refractivity contribution in [2.24, 2.45) is 5.73 Å². The molecule has 1 aromatic carbocycles. The molecule has 1 atom stereocenters. The van der Waals surface area contributed by atoms with Crippen LogP contribution in [0.5, 0.6) is 0 Å². The van der Waals surface area contributed by atoms with Gasteiger partial charge in [0.1, 0.15) is 0 Å². The van der Waals surface area contributed by atoms with E-state index in [1.165, 1.54) is 18.3 Å². The van der Waals surface area contributed by atoms with Crippen LogP contribution in [0.3, 0.4) is 0 Å². The molecule has 0 saturated carbocycles. The van der Waals surface area contributed by atoms with Crippen molar-refractivity contribution in [1.29, 1.82) is 0 Å². The monoisotopic (exact) mass is 376 g/mol. The molecule has 0 spiro atoms. The maximum atomic E-state index is 12.0. The van der Waals surface area contributed by atoms with Gasteiger partial charge in [-0.2, -0.15) is 8.42 Å². The van der Waals surface area contributed by atoms with Crippen LogP contribution in [0.1, 0.15) is 37.5 Å². The molecule has 0 radical (unpaired) electrons. The van der Waals surface area contributed by atoms with Crippen molar-refractivity contribution in [2.45, 2.75) is 11.7 Å². The second-order valence-electron chi connectivity index (χ2n) is 5.29. The number of aromatic nitrogens is 1. The summed E-state index contributed by atoms with van der Waals surface area (Å²) in [4.78, 5) is 37.8. The lowest BCUT2D eigenvalue weighted by Gasteiger charge is -2.20. The van der Waals surface area contributed by atoms with Gasteiger partial charge in [0.05, 0.1) is 12.7 Å². The molecule has 2 aromatic rings. The smallest absolute Gasteiger partial charge is 0.278 e. The van der Waals surface area contributed by atoms with Gasteiger partial charge in [-0.3, -0.25) is 23.6 Å². The molecular weight excluding hydrogens is 360 g/mol. The molecule has 9 heteroatoms. The topological polar surface area (TPSA) is 133 Å². The van der Waals surface area contributed by atoms with Gasteiger partial charge in [-0.15, -0.1) is 0 Å². The number of benzene rings is 1. The van der Waals surface area contributed by atoms with E-state index >= 15 is 0 Å². The number of hydrogen-bond donors (Lipinski definition) is 1. The van der Waals surface area contributed by atoms with E-state index in [0.29, 0.717) is 5.56 Å². The first-order valence-electron chi connectivity index (χ1n) is 7.43. The summed E-state index contributed by atoms with van der Waals surface area (Å²) >= 11 is 0. The Kier molecular flexibility index (Phi) is 5.96. The van der Waals surface area contributed by atoms with Crippen LogP contribution < -0.4 is 5.73 Å². The summed E-state index contributed by atoms with van der Waals surface area (Å²) in [7, 11) is -3.04. The number of nitrogens with zero attached hydrogens (tertiary/aromatic N) is 1. The summed E-state index contributed by atoms with van der Waals surface area (Å²) in [6.45, 7) is 0. The Labute approximate surface area is 150 Å². The van der Waals surface area contributed by atoms with Crippen molar-refractivity contribution < 1.29 is 27.0 Å². The Morgan fingerprint density at radius 3 is 2.31 bits per heavy atom. The van der Waals surface area contributed by atoms with E-state index in [0.717, 1.165) is 7.11 Å². The summed E-state index contributed by atoms with van der Waals surface area (Å²) in [5, 5.41) is -1.42. The number of fused-ring (bicyclic) bond motifs is 1. The molecule has 1 unspecified atom stereocenters. The van der Waals surface area contributed by atoms with E-state index in [2.05, 4.69) is 9.17 Å². The van der Waals surface area contributed by atoms with E-state index in [1.54, 1.807) is 30.5 Å². The largest absolute Gasteiger partial charge is 0.366 e. The lowest BCUT2D eigenvalue weighted by Crippen LogP contribution is -2.38. The van der Waals surface area contributed by atoms with Gasteiger partial charge in [-0.1, -0.05) is 24.3 Å². The molecule has 1 amide bonds. The van der Waals surface area contributed by atoms with E-state index in [1.807, 2.05) is 0 Å². The fourth-order valence-electron chi connectivity index (χ4n) is 2.34. The minimum Gasteiger partial charge on any atom is -0.366 e. The number of Topliss-reactive ketones (excluding diaryl/α,β-unsaturated/α-hetero) is 2. The van der Waals surface area contributed by atoms with Crippen LogP contribution >= 0.6 is 0 Å². The second kappa shape index (κ2) is 7.98. The predicted molar refractivity (Wildman–Crippen MR) is 92.2 cm³/mol. The van der Waals surface area contributed by atoms with Crippen LogP contribution in [0.15, 0.2) is 48.8 Å². The molecule has 2 N–H and O–H groups in total. The number of pyridine rings is 1. The van der Waals surface area contributed by atoms with Crippen molar-refractivity contribution in [2.75, 3.05) is 7.11 Å². The van der Waals surface area contributed by atoms with Crippen LogP contribution in [-0.2, 0) is 14.3 Å². The van der Waals surface area contributed by atoms with Gasteiger partial charge in [0.25, 0.3) is 10.1 Å². The average Bonchev–Trinajstić information content (AvgIpc) is 2.66. The van der Waals surface area contributed by atoms with Crippen LogP contribution in [0.2, 0.25) is 0 Å².